The zero-order valence-corrected chi connectivity index (χ0v) is 14.1. The van der Waals surface area contributed by atoms with Gasteiger partial charge in [-0.2, -0.15) is 0 Å². The second kappa shape index (κ2) is 6.34. The number of aromatic nitrogens is 1. The molecule has 2 N–H and O–H groups in total. The number of nitrogens with zero attached hydrogens (tertiary/aromatic N) is 1. The lowest BCUT2D eigenvalue weighted by Crippen LogP contribution is -2.42. The number of carbonyl (C=O) groups is 1. The third kappa shape index (κ3) is 3.16. The number of rotatable bonds is 2. The van der Waals surface area contributed by atoms with Crippen LogP contribution in [0.5, 0.6) is 5.75 Å². The van der Waals surface area contributed by atoms with E-state index >= 15 is 0 Å². The molecular weight excluding hydrogens is 340 g/mol. The van der Waals surface area contributed by atoms with Crippen LogP contribution in [0.25, 0.3) is 11.1 Å². The van der Waals surface area contributed by atoms with Gasteiger partial charge in [0.2, 0.25) is 0 Å². The van der Waals surface area contributed by atoms with Crippen LogP contribution >= 0.6 is 12.2 Å². The average molecular weight is 356 g/mol. The number of hydrogen-bond acceptors (Lipinski definition) is 5. The number of carbonyl (C=O) groups excluding carboxylic acids is 1. The molecule has 1 amide bonds. The van der Waals surface area contributed by atoms with Crippen LogP contribution in [0.3, 0.4) is 0 Å². The molecule has 4 rings (SSSR count). The van der Waals surface area contributed by atoms with Crippen molar-refractivity contribution < 1.29 is 19.1 Å². The molecule has 1 fully saturated rings. The monoisotopic (exact) mass is 356 g/mol. The molecule has 6 nitrogen and oxygen atoms in total. The molecule has 1 aromatic heterocycles. The van der Waals surface area contributed by atoms with Crippen molar-refractivity contribution >= 4 is 29.2 Å². The highest BCUT2D eigenvalue weighted by atomic mass is 32.1. The quantitative estimate of drug-likeness (QED) is 0.688. The number of hydrogen-bond donors (Lipinski definition) is 2. The van der Waals surface area contributed by atoms with E-state index in [1.165, 1.54) is 0 Å². The largest absolute Gasteiger partial charge is 0.508 e. The van der Waals surface area contributed by atoms with Crippen LogP contribution in [0.2, 0.25) is 0 Å². The summed E-state index contributed by atoms with van der Waals surface area (Å²) in [6.07, 6.45) is -0.260. The molecule has 2 heterocycles. The summed E-state index contributed by atoms with van der Waals surface area (Å²) in [5.74, 6) is 0.0986. The highest BCUT2D eigenvalue weighted by Crippen LogP contribution is 2.26. The van der Waals surface area contributed by atoms with Gasteiger partial charge in [-0.25, -0.2) is 0 Å². The fourth-order valence-electron chi connectivity index (χ4n) is 3.02. The van der Waals surface area contributed by atoms with Crippen LogP contribution < -0.4 is 0 Å². The number of morpholine rings is 1. The van der Waals surface area contributed by atoms with Gasteiger partial charge in [0.25, 0.3) is 10.7 Å². The number of aromatic hydroxyl groups is 1. The molecule has 0 spiro atoms. The molecule has 1 aliphatic heterocycles. The number of aromatic amines is 1. The maximum absolute atomic E-state index is 12.8. The van der Waals surface area contributed by atoms with Crippen molar-refractivity contribution in [3.8, 4) is 5.75 Å². The average Bonchev–Trinajstić information content (AvgIpc) is 3.00. The van der Waals surface area contributed by atoms with Crippen LogP contribution in [0.4, 0.5) is 0 Å². The van der Waals surface area contributed by atoms with E-state index < -0.39 is 0 Å². The number of oxazole rings is 1. The first kappa shape index (κ1) is 15.9. The first-order chi connectivity index (χ1) is 12.1. The maximum Gasteiger partial charge on any atom is 0.266 e. The Bertz CT molecular complexity index is 994. The van der Waals surface area contributed by atoms with Gasteiger partial charge in [0, 0.05) is 12.1 Å². The van der Waals surface area contributed by atoms with Crippen molar-refractivity contribution in [2.24, 2.45) is 0 Å². The van der Waals surface area contributed by atoms with E-state index in [1.54, 1.807) is 41.3 Å². The van der Waals surface area contributed by atoms with Crippen molar-refractivity contribution in [3.05, 3.63) is 58.4 Å². The summed E-state index contributed by atoms with van der Waals surface area (Å²) in [7, 11) is 0. The van der Waals surface area contributed by atoms with Gasteiger partial charge in [0.15, 0.2) is 5.58 Å². The SMILES string of the molecule is O=C(c1ccc2[nH]c(=S)oc2c1)N1CCO[C@H](c2cccc(O)c2)C1. The Morgan fingerprint density at radius 2 is 2.16 bits per heavy atom. The van der Waals surface area contributed by atoms with E-state index in [0.717, 1.165) is 11.1 Å². The molecule has 7 heteroatoms. The van der Waals surface area contributed by atoms with Crippen molar-refractivity contribution in [1.82, 2.24) is 9.88 Å². The molecule has 128 valence electrons. The van der Waals surface area contributed by atoms with Crippen LogP contribution in [-0.4, -0.2) is 40.6 Å². The van der Waals surface area contributed by atoms with E-state index in [4.69, 9.17) is 21.4 Å². The predicted molar refractivity (Wildman–Crippen MR) is 94.1 cm³/mol. The number of nitrogens with one attached hydrogen (secondary N) is 1. The van der Waals surface area contributed by atoms with Gasteiger partial charge < -0.3 is 24.1 Å². The summed E-state index contributed by atoms with van der Waals surface area (Å²) >= 11 is 4.97. The lowest BCUT2D eigenvalue weighted by molar-refractivity contribution is -0.0228. The molecule has 0 bridgehead atoms. The van der Waals surface area contributed by atoms with Crippen molar-refractivity contribution in [2.45, 2.75) is 6.10 Å². The number of ether oxygens (including phenoxy) is 1. The molecule has 3 aromatic rings. The number of amides is 1. The van der Waals surface area contributed by atoms with Gasteiger partial charge in [-0.1, -0.05) is 12.1 Å². The van der Waals surface area contributed by atoms with Crippen LogP contribution in [0.1, 0.15) is 22.0 Å². The third-order valence-corrected chi connectivity index (χ3v) is 4.45. The molecule has 2 aromatic carbocycles. The minimum atomic E-state index is -0.260. The summed E-state index contributed by atoms with van der Waals surface area (Å²) < 4.78 is 11.2. The van der Waals surface area contributed by atoms with Crippen LogP contribution in [-0.2, 0) is 4.74 Å². The minimum absolute atomic E-state index is 0.0855. The molecule has 0 saturated carbocycles. The summed E-state index contributed by atoms with van der Waals surface area (Å²) in [6.45, 7) is 1.39. The zero-order chi connectivity index (χ0) is 17.4. The van der Waals surface area contributed by atoms with Gasteiger partial charge in [0.1, 0.15) is 11.9 Å². The van der Waals surface area contributed by atoms with Crippen LogP contribution in [0.15, 0.2) is 46.9 Å². The van der Waals surface area contributed by atoms with Gasteiger partial charge in [-0.05, 0) is 48.1 Å². The lowest BCUT2D eigenvalue weighted by atomic mass is 10.1. The Hall–Kier alpha value is -2.64. The summed E-state index contributed by atoms with van der Waals surface area (Å²) in [5.41, 5.74) is 2.72. The third-order valence-electron chi connectivity index (χ3n) is 4.26. The minimum Gasteiger partial charge on any atom is -0.508 e. The van der Waals surface area contributed by atoms with E-state index in [0.29, 0.717) is 30.8 Å². The zero-order valence-electron chi connectivity index (χ0n) is 13.3. The normalized spacial score (nSPS) is 17.8. The molecule has 0 unspecified atom stereocenters. The first-order valence-corrected chi connectivity index (χ1v) is 8.34. The summed E-state index contributed by atoms with van der Waals surface area (Å²) in [6, 6.07) is 12.2. The topological polar surface area (TPSA) is 78.7 Å². The molecule has 1 aliphatic rings. The second-order valence-electron chi connectivity index (χ2n) is 5.93. The van der Waals surface area contributed by atoms with Gasteiger partial charge in [-0.15, -0.1) is 0 Å². The first-order valence-electron chi connectivity index (χ1n) is 7.93. The predicted octanol–water partition coefficient (Wildman–Crippen LogP) is 3.41. The fourth-order valence-corrected chi connectivity index (χ4v) is 3.22. The smallest absolute Gasteiger partial charge is 0.266 e. The van der Waals surface area contributed by atoms with Gasteiger partial charge in [0.05, 0.1) is 18.7 Å². The number of benzene rings is 2. The number of phenols is 1. The molecule has 0 radical (unpaired) electrons. The lowest BCUT2D eigenvalue weighted by Gasteiger charge is -2.33. The summed E-state index contributed by atoms with van der Waals surface area (Å²) in [4.78, 5) is 17.8. The Kier molecular flexibility index (Phi) is 4.03. The molecule has 25 heavy (non-hydrogen) atoms. The number of phenolic OH excluding ortho intramolecular Hbond substituents is 1. The number of fused-ring (bicyclic) bond motifs is 1. The van der Waals surface area contributed by atoms with Crippen molar-refractivity contribution in [1.29, 1.82) is 0 Å². The van der Waals surface area contributed by atoms with E-state index in [9.17, 15) is 9.90 Å². The standard InChI is InChI=1S/C18H16N2O4S/c21-13-3-1-2-11(8-13)16-10-20(6-7-23-16)17(22)12-4-5-14-15(9-12)24-18(25)19-14/h1-5,8-9,16,21H,6-7,10H2,(H,19,25)/t16-/m0/s1. The molecule has 1 atom stereocenters. The van der Waals surface area contributed by atoms with Gasteiger partial charge in [-0.3, -0.25) is 4.79 Å². The van der Waals surface area contributed by atoms with Crippen molar-refractivity contribution in [3.63, 3.8) is 0 Å². The molecule has 0 aliphatic carbocycles. The number of H-pyrrole nitrogens is 1. The van der Waals surface area contributed by atoms with E-state index in [-0.39, 0.29) is 22.6 Å². The Balaban J connectivity index is 1.57. The Morgan fingerprint density at radius 3 is 3.00 bits per heavy atom. The Morgan fingerprint density at radius 1 is 1.28 bits per heavy atom. The van der Waals surface area contributed by atoms with E-state index in [1.807, 2.05) is 6.07 Å². The van der Waals surface area contributed by atoms with Crippen molar-refractivity contribution in [2.75, 3.05) is 19.7 Å². The highest BCUT2D eigenvalue weighted by molar-refractivity contribution is 7.71. The highest BCUT2D eigenvalue weighted by Gasteiger charge is 2.26. The molecule has 1 saturated heterocycles. The fraction of sp³-hybridized carbons (Fsp3) is 0.222. The van der Waals surface area contributed by atoms with Crippen LogP contribution in [0, 0.1) is 4.84 Å². The summed E-state index contributed by atoms with van der Waals surface area (Å²) in [5, 5.41) is 9.64. The second-order valence-corrected chi connectivity index (χ2v) is 6.30. The molecular formula is C18H16N2O4S. The van der Waals surface area contributed by atoms with E-state index in [2.05, 4.69) is 4.98 Å². The Labute approximate surface area is 148 Å². The van der Waals surface area contributed by atoms with Gasteiger partial charge >= 0.3 is 0 Å². The maximum atomic E-state index is 12.8.